The van der Waals surface area contributed by atoms with E-state index in [1.54, 1.807) is 22.8 Å². The zero-order valence-corrected chi connectivity index (χ0v) is 37.0. The topological polar surface area (TPSA) is 76.5 Å². The maximum absolute atomic E-state index is 14.5. The Labute approximate surface area is 347 Å². The first-order valence-corrected chi connectivity index (χ1v) is 21.9. The number of hydrogen-bond donors (Lipinski definition) is 1. The number of fused-ring (bicyclic) bond motifs is 1. The van der Waals surface area contributed by atoms with Crippen LogP contribution in [-0.4, -0.2) is 51.1 Å². The first-order chi connectivity index (χ1) is 27.9. The highest BCUT2D eigenvalue weighted by molar-refractivity contribution is 5.79. The Morgan fingerprint density at radius 3 is 1.90 bits per heavy atom. The summed E-state index contributed by atoms with van der Waals surface area (Å²) in [6, 6.07) is 18.3. The third-order valence-electron chi connectivity index (χ3n) is 11.3. The number of nitrogens with two attached hydrogens (primary N) is 1. The SMILES string of the molecule is CC.CC.CCC(C)CC1=CC(N)N(C)C=C1.CCCC(CCC)C(=O)N1CCC(n2c(=O)n(C(C)c3ccc(-c4ccc(F)cc4)cc3)c3cc(F)ccc32)CC1. The Bertz CT molecular complexity index is 1950. The van der Waals surface area contributed by atoms with Crippen molar-refractivity contribution >= 4 is 16.9 Å². The third kappa shape index (κ3) is 12.3. The summed E-state index contributed by atoms with van der Waals surface area (Å²) in [5.41, 5.74) is 11.1. The third-order valence-corrected chi connectivity index (χ3v) is 11.3. The molecule has 6 rings (SSSR count). The van der Waals surface area contributed by atoms with Crippen molar-refractivity contribution in [2.75, 3.05) is 20.1 Å². The molecule has 7 nitrogen and oxygen atoms in total. The monoisotopic (exact) mass is 800 g/mol. The highest BCUT2D eigenvalue weighted by Crippen LogP contribution is 2.31. The van der Waals surface area contributed by atoms with Crippen molar-refractivity contribution < 1.29 is 13.6 Å². The van der Waals surface area contributed by atoms with Gasteiger partial charge in [0.2, 0.25) is 5.91 Å². The molecule has 3 atom stereocenters. The van der Waals surface area contributed by atoms with Crippen LogP contribution in [0.1, 0.15) is 131 Å². The van der Waals surface area contributed by atoms with Crippen LogP contribution in [0.2, 0.25) is 0 Å². The second-order valence-electron chi connectivity index (χ2n) is 15.2. The fraction of sp³-hybridized carbons (Fsp3) is 0.510. The summed E-state index contributed by atoms with van der Waals surface area (Å²) in [7, 11) is 2.00. The molecule has 1 amide bonds. The molecule has 4 aromatic rings. The van der Waals surface area contributed by atoms with E-state index in [9.17, 15) is 18.4 Å². The number of carbonyl (C=O) groups excluding carboxylic acids is 1. The minimum absolute atomic E-state index is 0.0593. The Balaban J connectivity index is 0.000000446. The lowest BCUT2D eigenvalue weighted by atomic mass is 9.95. The van der Waals surface area contributed by atoms with E-state index >= 15 is 0 Å². The van der Waals surface area contributed by atoms with Gasteiger partial charge in [0, 0.05) is 38.3 Å². The first kappa shape index (κ1) is 47.9. The Morgan fingerprint density at radius 2 is 1.36 bits per heavy atom. The van der Waals surface area contributed by atoms with Crippen molar-refractivity contribution in [2.24, 2.45) is 17.6 Å². The summed E-state index contributed by atoms with van der Waals surface area (Å²) in [5.74, 6) is 0.398. The molecule has 0 saturated carbocycles. The molecule has 1 aromatic heterocycles. The van der Waals surface area contributed by atoms with Gasteiger partial charge in [-0.15, -0.1) is 0 Å². The number of piperidine rings is 1. The number of likely N-dealkylation sites (tertiary alicyclic amines) is 1. The van der Waals surface area contributed by atoms with Gasteiger partial charge in [0.25, 0.3) is 0 Å². The number of halogens is 2. The molecule has 2 N–H and O–H groups in total. The Morgan fingerprint density at radius 1 is 0.810 bits per heavy atom. The quantitative estimate of drug-likeness (QED) is 0.155. The fourth-order valence-corrected chi connectivity index (χ4v) is 7.77. The fourth-order valence-electron chi connectivity index (χ4n) is 7.77. The second kappa shape index (κ2) is 23.8. The van der Waals surface area contributed by atoms with E-state index in [0.717, 1.165) is 54.7 Å². The van der Waals surface area contributed by atoms with Gasteiger partial charge in [-0.3, -0.25) is 13.9 Å². The van der Waals surface area contributed by atoms with Crippen LogP contribution in [0.15, 0.2) is 95.4 Å². The van der Waals surface area contributed by atoms with Gasteiger partial charge in [0.1, 0.15) is 11.6 Å². The summed E-state index contributed by atoms with van der Waals surface area (Å²) >= 11 is 0. The summed E-state index contributed by atoms with van der Waals surface area (Å²) in [6.07, 6.45) is 14.0. The second-order valence-corrected chi connectivity index (χ2v) is 15.2. The van der Waals surface area contributed by atoms with Crippen molar-refractivity contribution in [2.45, 2.75) is 132 Å². The number of hydrogen-bond acceptors (Lipinski definition) is 4. The molecule has 1 saturated heterocycles. The van der Waals surface area contributed by atoms with Crippen molar-refractivity contribution in [3.05, 3.63) is 118 Å². The minimum atomic E-state index is -0.388. The van der Waals surface area contributed by atoms with E-state index in [0.29, 0.717) is 37.0 Å². The summed E-state index contributed by atoms with van der Waals surface area (Å²) in [4.78, 5) is 31.2. The maximum atomic E-state index is 14.5. The Hall–Kier alpha value is -4.50. The number of nitrogens with zero attached hydrogens (tertiary/aromatic N) is 4. The van der Waals surface area contributed by atoms with Crippen LogP contribution in [0.5, 0.6) is 0 Å². The van der Waals surface area contributed by atoms with Crippen LogP contribution < -0.4 is 11.4 Å². The number of likely N-dealkylation sites (N-methyl/N-ethyl adjacent to an activating group) is 1. The molecule has 2 aliphatic heterocycles. The van der Waals surface area contributed by atoms with Crippen molar-refractivity contribution in [1.29, 1.82) is 0 Å². The van der Waals surface area contributed by atoms with E-state index < -0.39 is 0 Å². The van der Waals surface area contributed by atoms with Crippen LogP contribution in [0.3, 0.4) is 0 Å². The summed E-state index contributed by atoms with van der Waals surface area (Å²) in [6.45, 7) is 19.9. The van der Waals surface area contributed by atoms with Crippen molar-refractivity contribution in [1.82, 2.24) is 18.9 Å². The van der Waals surface area contributed by atoms with Crippen LogP contribution in [0, 0.1) is 23.5 Å². The minimum Gasteiger partial charge on any atom is -0.362 e. The molecule has 0 bridgehead atoms. The molecule has 58 heavy (non-hydrogen) atoms. The van der Waals surface area contributed by atoms with Crippen molar-refractivity contribution in [3.63, 3.8) is 0 Å². The number of rotatable bonds is 12. The molecule has 9 heteroatoms. The van der Waals surface area contributed by atoms with E-state index in [4.69, 9.17) is 5.73 Å². The highest BCUT2D eigenvalue weighted by atomic mass is 19.1. The number of allylic oxidation sites excluding steroid dienone is 2. The van der Waals surface area contributed by atoms with Gasteiger partial charge in [-0.1, -0.05) is 111 Å². The standard InChI is InChI=1S/C34H39F2N3O2.C11H20N2.2C2H6/c1-4-6-27(7-5-2)33(40)37-20-18-30(19-21-37)39-31-17-16-29(36)22-32(31)38(34(39)41)23(3)24-8-10-25(11-9-24)26-12-14-28(35)15-13-26;1-4-9(2)7-10-5-6-13(3)11(12)8-10;2*1-2/h8-17,22-23,27,30H,4-7,18-21H2,1-3H3;5-6,8-9,11H,4,7,12H2,1-3H3;2*1-2H3. The molecule has 3 heterocycles. The van der Waals surface area contributed by atoms with Gasteiger partial charge >= 0.3 is 5.69 Å². The van der Waals surface area contributed by atoms with Gasteiger partial charge in [0.05, 0.1) is 23.2 Å². The lowest BCUT2D eigenvalue weighted by molar-refractivity contribution is -0.137. The normalized spacial score (nSPS) is 16.4. The molecule has 3 unspecified atom stereocenters. The predicted molar refractivity (Wildman–Crippen MR) is 240 cm³/mol. The van der Waals surface area contributed by atoms with E-state index in [-0.39, 0.29) is 47.4 Å². The van der Waals surface area contributed by atoms with Crippen LogP contribution in [0.4, 0.5) is 8.78 Å². The first-order valence-electron chi connectivity index (χ1n) is 21.9. The maximum Gasteiger partial charge on any atom is 0.329 e. The highest BCUT2D eigenvalue weighted by Gasteiger charge is 2.31. The van der Waals surface area contributed by atoms with Gasteiger partial charge in [0.15, 0.2) is 0 Å². The molecule has 0 aliphatic carbocycles. The van der Waals surface area contributed by atoms with Gasteiger partial charge in [-0.25, -0.2) is 13.6 Å². The molecule has 0 radical (unpaired) electrons. The summed E-state index contributed by atoms with van der Waals surface area (Å²) < 4.78 is 31.3. The molecular weight excluding hydrogens is 729 g/mol. The number of benzene rings is 3. The van der Waals surface area contributed by atoms with Crippen molar-refractivity contribution in [3.8, 4) is 11.1 Å². The van der Waals surface area contributed by atoms with Gasteiger partial charge in [-0.05, 0) is 110 Å². The van der Waals surface area contributed by atoms with Crippen LogP contribution in [-0.2, 0) is 4.79 Å². The molecule has 0 spiro atoms. The molecule has 318 valence electrons. The number of imidazole rings is 1. The average molecular weight is 800 g/mol. The van der Waals surface area contributed by atoms with E-state index in [1.165, 1.54) is 36.3 Å². The van der Waals surface area contributed by atoms with Gasteiger partial charge < -0.3 is 15.5 Å². The molecular formula is C49H71F2N5O2. The average Bonchev–Trinajstić information content (AvgIpc) is 3.53. The molecule has 2 aliphatic rings. The van der Waals surface area contributed by atoms with E-state index in [2.05, 4.69) is 46.0 Å². The smallest absolute Gasteiger partial charge is 0.329 e. The molecule has 1 fully saturated rings. The number of amides is 1. The van der Waals surface area contributed by atoms with Crippen LogP contribution in [0.25, 0.3) is 22.2 Å². The van der Waals surface area contributed by atoms with Gasteiger partial charge in [-0.2, -0.15) is 0 Å². The Kier molecular flexibility index (Phi) is 19.6. The van der Waals surface area contributed by atoms with Crippen LogP contribution >= 0.6 is 0 Å². The summed E-state index contributed by atoms with van der Waals surface area (Å²) in [5, 5.41) is 0. The lowest BCUT2D eigenvalue weighted by Gasteiger charge is -2.34. The zero-order valence-electron chi connectivity index (χ0n) is 37.0. The zero-order chi connectivity index (χ0) is 42.9. The number of carbonyl (C=O) groups is 1. The lowest BCUT2D eigenvalue weighted by Crippen LogP contribution is -2.43. The van der Waals surface area contributed by atoms with E-state index in [1.807, 2.05) is 80.3 Å². The number of aromatic nitrogens is 2. The molecule has 3 aromatic carbocycles. The largest absolute Gasteiger partial charge is 0.362 e. The predicted octanol–water partition coefficient (Wildman–Crippen LogP) is 11.9.